The first-order valence-corrected chi connectivity index (χ1v) is 6.45. The quantitative estimate of drug-likeness (QED) is 0.613. The zero-order valence-corrected chi connectivity index (χ0v) is 10.8. The van der Waals surface area contributed by atoms with Crippen molar-refractivity contribution >= 4 is 17.4 Å². The first kappa shape index (κ1) is 12.6. The topological polar surface area (TPSA) is 61.0 Å². The molecule has 0 fully saturated rings. The fraction of sp³-hybridized carbons (Fsp3) is 0.250. The highest BCUT2D eigenvalue weighted by Gasteiger charge is 2.08. The Morgan fingerprint density at radius 3 is 3.06 bits per heavy atom. The number of hydrogen-bond donors (Lipinski definition) is 0. The molecule has 2 aromatic rings. The lowest BCUT2D eigenvalue weighted by Crippen LogP contribution is -1.96. The Balaban J connectivity index is 2.20. The molecule has 94 valence electrons. The molecule has 0 aliphatic heterocycles. The monoisotopic (exact) mass is 263 g/mol. The Hall–Kier alpha value is -1.82. The molecule has 1 heterocycles. The van der Waals surface area contributed by atoms with Gasteiger partial charge in [-0.25, -0.2) is 4.98 Å². The van der Waals surface area contributed by atoms with Gasteiger partial charge in [0.25, 0.3) is 5.69 Å². The summed E-state index contributed by atoms with van der Waals surface area (Å²) in [6.07, 6.45) is 4.58. The molecule has 2 rings (SSSR count). The zero-order chi connectivity index (χ0) is 13.0. The van der Waals surface area contributed by atoms with Crippen molar-refractivity contribution in [2.45, 2.75) is 29.8 Å². The molecule has 0 aliphatic carbocycles. The van der Waals surface area contributed by atoms with E-state index < -0.39 is 0 Å². The van der Waals surface area contributed by atoms with Crippen LogP contribution >= 0.6 is 11.8 Å². The molecule has 18 heavy (non-hydrogen) atoms. The Bertz CT molecular complexity index is 554. The maximum Gasteiger partial charge on any atom is 0.270 e. The van der Waals surface area contributed by atoms with E-state index in [1.165, 1.54) is 17.8 Å². The normalized spacial score (nSPS) is 10.5. The van der Waals surface area contributed by atoms with Gasteiger partial charge in [0.05, 0.1) is 22.5 Å². The summed E-state index contributed by atoms with van der Waals surface area (Å²) in [5.41, 5.74) is 0.113. The molecule has 0 saturated carbocycles. The molecule has 5 nitrogen and oxygen atoms in total. The van der Waals surface area contributed by atoms with Gasteiger partial charge in [-0.1, -0.05) is 24.8 Å². The third-order valence-electron chi connectivity index (χ3n) is 2.39. The number of nitro groups is 1. The van der Waals surface area contributed by atoms with Crippen molar-refractivity contribution in [1.29, 1.82) is 0 Å². The average molecular weight is 263 g/mol. The second kappa shape index (κ2) is 5.68. The van der Waals surface area contributed by atoms with Crippen LogP contribution in [0.2, 0.25) is 0 Å². The second-order valence-electron chi connectivity index (χ2n) is 3.78. The van der Waals surface area contributed by atoms with Crippen LogP contribution in [0.15, 0.2) is 46.7 Å². The SMILES string of the molecule is CCCn1cncc1Sc1cccc([N+](=O)[O-])c1. The minimum absolute atomic E-state index is 0.113. The van der Waals surface area contributed by atoms with Crippen LogP contribution in [0.5, 0.6) is 0 Å². The van der Waals surface area contributed by atoms with E-state index in [0.29, 0.717) is 0 Å². The summed E-state index contributed by atoms with van der Waals surface area (Å²) in [6, 6.07) is 6.63. The van der Waals surface area contributed by atoms with Crippen molar-refractivity contribution < 1.29 is 4.92 Å². The Morgan fingerprint density at radius 1 is 1.50 bits per heavy atom. The van der Waals surface area contributed by atoms with Crippen molar-refractivity contribution in [3.8, 4) is 0 Å². The number of non-ortho nitro benzene ring substituents is 1. The van der Waals surface area contributed by atoms with Crippen LogP contribution < -0.4 is 0 Å². The van der Waals surface area contributed by atoms with Gasteiger partial charge < -0.3 is 4.57 Å². The maximum absolute atomic E-state index is 10.7. The Labute approximate surface area is 109 Å². The standard InChI is InChI=1S/C12H13N3O2S/c1-2-6-14-9-13-8-12(14)18-11-5-3-4-10(7-11)15(16)17/h3-5,7-9H,2,6H2,1H3. The summed E-state index contributed by atoms with van der Waals surface area (Å²) in [7, 11) is 0. The van der Waals surface area contributed by atoms with E-state index in [1.54, 1.807) is 24.7 Å². The lowest BCUT2D eigenvalue weighted by Gasteiger charge is -2.05. The largest absolute Gasteiger partial charge is 0.326 e. The Morgan fingerprint density at radius 2 is 2.33 bits per heavy atom. The molecule has 0 amide bonds. The summed E-state index contributed by atoms with van der Waals surface area (Å²) in [6.45, 7) is 3.00. The van der Waals surface area contributed by atoms with Gasteiger partial charge in [0, 0.05) is 23.6 Å². The third-order valence-corrected chi connectivity index (χ3v) is 3.43. The lowest BCUT2D eigenvalue weighted by atomic mass is 10.3. The lowest BCUT2D eigenvalue weighted by molar-refractivity contribution is -0.385. The summed E-state index contributed by atoms with van der Waals surface area (Å²) in [5, 5.41) is 11.7. The van der Waals surface area contributed by atoms with E-state index in [2.05, 4.69) is 11.9 Å². The molecule has 0 radical (unpaired) electrons. The van der Waals surface area contributed by atoms with Gasteiger partial charge in [0.15, 0.2) is 0 Å². The van der Waals surface area contributed by atoms with Crippen LogP contribution in [0.4, 0.5) is 5.69 Å². The van der Waals surface area contributed by atoms with E-state index in [0.717, 1.165) is 22.9 Å². The third kappa shape index (κ3) is 2.89. The average Bonchev–Trinajstić information content (AvgIpc) is 2.77. The maximum atomic E-state index is 10.7. The number of nitrogens with zero attached hydrogens (tertiary/aromatic N) is 3. The molecule has 0 saturated heterocycles. The first-order chi connectivity index (χ1) is 8.70. The molecular weight excluding hydrogens is 250 g/mol. The minimum Gasteiger partial charge on any atom is -0.326 e. The molecular formula is C12H13N3O2S. The number of aromatic nitrogens is 2. The van der Waals surface area contributed by atoms with E-state index in [9.17, 15) is 10.1 Å². The molecule has 1 aromatic carbocycles. The molecule has 0 unspecified atom stereocenters. The number of imidazole rings is 1. The minimum atomic E-state index is -0.382. The molecule has 0 spiro atoms. The zero-order valence-electron chi connectivity index (χ0n) is 9.94. The van der Waals surface area contributed by atoms with Gasteiger partial charge >= 0.3 is 0 Å². The van der Waals surface area contributed by atoms with Crippen molar-refractivity contribution in [2.24, 2.45) is 0 Å². The van der Waals surface area contributed by atoms with Gasteiger partial charge in [-0.3, -0.25) is 10.1 Å². The van der Waals surface area contributed by atoms with Gasteiger partial charge in [-0.2, -0.15) is 0 Å². The second-order valence-corrected chi connectivity index (χ2v) is 4.88. The highest BCUT2D eigenvalue weighted by atomic mass is 32.2. The smallest absolute Gasteiger partial charge is 0.270 e. The van der Waals surface area contributed by atoms with Crippen LogP contribution in [0.3, 0.4) is 0 Å². The van der Waals surface area contributed by atoms with E-state index in [1.807, 2.05) is 10.6 Å². The fourth-order valence-corrected chi connectivity index (χ4v) is 2.52. The summed E-state index contributed by atoms with van der Waals surface area (Å²) >= 11 is 1.49. The van der Waals surface area contributed by atoms with E-state index in [4.69, 9.17) is 0 Å². The van der Waals surface area contributed by atoms with Crippen molar-refractivity contribution in [1.82, 2.24) is 9.55 Å². The summed E-state index contributed by atoms with van der Waals surface area (Å²) in [5.74, 6) is 0. The molecule has 0 atom stereocenters. The number of nitro benzene ring substituents is 1. The van der Waals surface area contributed by atoms with E-state index >= 15 is 0 Å². The van der Waals surface area contributed by atoms with Crippen molar-refractivity contribution in [3.05, 3.63) is 46.9 Å². The van der Waals surface area contributed by atoms with Crippen LogP contribution in [0.1, 0.15) is 13.3 Å². The highest BCUT2D eigenvalue weighted by Crippen LogP contribution is 2.29. The van der Waals surface area contributed by atoms with Crippen LogP contribution in [0, 0.1) is 10.1 Å². The molecule has 0 bridgehead atoms. The van der Waals surface area contributed by atoms with Gasteiger partial charge in [0.2, 0.25) is 0 Å². The Kier molecular flexibility index (Phi) is 3.99. The number of benzene rings is 1. The molecule has 0 N–H and O–H groups in total. The van der Waals surface area contributed by atoms with Crippen LogP contribution in [0.25, 0.3) is 0 Å². The van der Waals surface area contributed by atoms with Gasteiger partial charge in [0.1, 0.15) is 0 Å². The van der Waals surface area contributed by atoms with Gasteiger partial charge in [-0.05, 0) is 12.5 Å². The van der Waals surface area contributed by atoms with Gasteiger partial charge in [-0.15, -0.1) is 0 Å². The molecule has 6 heteroatoms. The summed E-state index contributed by atoms with van der Waals surface area (Å²) in [4.78, 5) is 15.3. The summed E-state index contributed by atoms with van der Waals surface area (Å²) < 4.78 is 2.05. The van der Waals surface area contributed by atoms with Crippen LogP contribution in [-0.4, -0.2) is 14.5 Å². The van der Waals surface area contributed by atoms with Crippen LogP contribution in [-0.2, 0) is 6.54 Å². The fourth-order valence-electron chi connectivity index (χ4n) is 1.58. The number of aryl methyl sites for hydroxylation is 1. The number of hydrogen-bond acceptors (Lipinski definition) is 4. The predicted octanol–water partition coefficient (Wildman–Crippen LogP) is 3.35. The van der Waals surface area contributed by atoms with Crippen molar-refractivity contribution in [3.63, 3.8) is 0 Å². The molecule has 1 aromatic heterocycles. The predicted molar refractivity (Wildman–Crippen MR) is 69.7 cm³/mol. The molecule has 0 aliphatic rings. The van der Waals surface area contributed by atoms with E-state index in [-0.39, 0.29) is 10.6 Å². The number of rotatable bonds is 5. The highest BCUT2D eigenvalue weighted by molar-refractivity contribution is 7.99. The first-order valence-electron chi connectivity index (χ1n) is 5.63. The van der Waals surface area contributed by atoms with Crippen molar-refractivity contribution in [2.75, 3.05) is 0 Å².